The maximum Gasteiger partial charge on any atom is 0.365 e. The van der Waals surface area contributed by atoms with E-state index in [1.807, 2.05) is 60.7 Å². The number of nitrogens with zero attached hydrogens (tertiary/aromatic N) is 2. The van der Waals surface area contributed by atoms with Gasteiger partial charge >= 0.3 is 10.3 Å². The Morgan fingerprint density at radius 2 is 1.71 bits per heavy atom. The molecular formula is C18H14N2O3S. The minimum atomic E-state index is -4.40. The van der Waals surface area contributed by atoms with E-state index in [1.165, 1.54) is 6.20 Å². The first kappa shape index (κ1) is 14.9. The Balaban J connectivity index is 1.92. The van der Waals surface area contributed by atoms with E-state index in [0.29, 0.717) is 5.69 Å². The molecule has 0 radical (unpaired) electrons. The van der Waals surface area contributed by atoms with Gasteiger partial charge < -0.3 is 0 Å². The summed E-state index contributed by atoms with van der Waals surface area (Å²) in [7, 11) is -4.40. The average Bonchev–Trinajstić information content (AvgIpc) is 3.20. The standard InChI is InChI=1S/C18H14N2O3S/c21-24(22,23)20-12-19-11-18(20)17-10-16(13-6-2-1-3-7-13)14-8-4-5-9-15(14)17/h1-12,16H,(H,21,22,23). The van der Waals surface area contributed by atoms with Crippen LogP contribution in [0, 0.1) is 0 Å². The fraction of sp³-hybridized carbons (Fsp3) is 0.0556. The lowest BCUT2D eigenvalue weighted by molar-refractivity contribution is 0.472. The van der Waals surface area contributed by atoms with Crippen LogP contribution >= 0.6 is 0 Å². The molecule has 1 aliphatic carbocycles. The van der Waals surface area contributed by atoms with Crippen LogP contribution in [-0.2, 0) is 10.3 Å². The van der Waals surface area contributed by atoms with Crippen LogP contribution in [0.3, 0.4) is 0 Å². The van der Waals surface area contributed by atoms with Crippen molar-refractivity contribution < 1.29 is 13.0 Å². The number of aromatic nitrogens is 2. The van der Waals surface area contributed by atoms with Gasteiger partial charge in [-0.3, -0.25) is 4.55 Å². The van der Waals surface area contributed by atoms with Crippen LogP contribution in [0.5, 0.6) is 0 Å². The zero-order valence-electron chi connectivity index (χ0n) is 12.6. The molecule has 0 saturated carbocycles. The van der Waals surface area contributed by atoms with Crippen LogP contribution in [0.4, 0.5) is 0 Å². The van der Waals surface area contributed by atoms with E-state index in [1.54, 1.807) is 0 Å². The van der Waals surface area contributed by atoms with Crippen molar-refractivity contribution in [3.63, 3.8) is 0 Å². The molecule has 0 fully saturated rings. The predicted octanol–water partition coefficient (Wildman–Crippen LogP) is 3.11. The van der Waals surface area contributed by atoms with Gasteiger partial charge in [0.25, 0.3) is 0 Å². The molecule has 0 spiro atoms. The smallest absolute Gasteiger partial charge is 0.269 e. The van der Waals surface area contributed by atoms with Crippen molar-refractivity contribution in [3.8, 4) is 0 Å². The normalized spacial score (nSPS) is 16.7. The summed E-state index contributed by atoms with van der Waals surface area (Å²) in [5.41, 5.74) is 4.26. The molecule has 4 rings (SSSR count). The molecule has 0 saturated heterocycles. The third-order valence-corrected chi connectivity index (χ3v) is 5.00. The second-order valence-electron chi connectivity index (χ2n) is 5.61. The number of hydrogen-bond donors (Lipinski definition) is 1. The van der Waals surface area contributed by atoms with E-state index in [-0.39, 0.29) is 5.92 Å². The molecule has 3 aromatic rings. The van der Waals surface area contributed by atoms with Crippen LogP contribution < -0.4 is 0 Å². The molecule has 120 valence electrons. The van der Waals surface area contributed by atoms with Crippen LogP contribution in [0.15, 0.2) is 73.2 Å². The van der Waals surface area contributed by atoms with Gasteiger partial charge in [0, 0.05) is 11.5 Å². The highest BCUT2D eigenvalue weighted by Crippen LogP contribution is 2.42. The summed E-state index contributed by atoms with van der Waals surface area (Å²) in [6.45, 7) is 0. The van der Waals surface area contributed by atoms with E-state index in [4.69, 9.17) is 0 Å². The van der Waals surface area contributed by atoms with Gasteiger partial charge in [0.15, 0.2) is 0 Å². The third-order valence-electron chi connectivity index (χ3n) is 4.21. The number of rotatable bonds is 3. The van der Waals surface area contributed by atoms with Crippen molar-refractivity contribution in [1.29, 1.82) is 0 Å². The van der Waals surface area contributed by atoms with Crippen LogP contribution in [0.1, 0.15) is 28.3 Å². The second-order valence-corrected chi connectivity index (χ2v) is 6.90. The maximum absolute atomic E-state index is 11.6. The van der Waals surface area contributed by atoms with Gasteiger partial charge in [-0.25, -0.2) is 8.96 Å². The third kappa shape index (κ3) is 2.36. The Bertz CT molecular complexity index is 1040. The Labute approximate surface area is 139 Å². The molecular weight excluding hydrogens is 324 g/mol. The summed E-state index contributed by atoms with van der Waals surface area (Å²) in [6, 6.07) is 17.9. The van der Waals surface area contributed by atoms with Crippen molar-refractivity contribution in [2.24, 2.45) is 0 Å². The number of fused-ring (bicyclic) bond motifs is 1. The van der Waals surface area contributed by atoms with Crippen molar-refractivity contribution in [1.82, 2.24) is 8.96 Å². The van der Waals surface area contributed by atoms with E-state index in [2.05, 4.69) is 4.98 Å². The van der Waals surface area contributed by atoms with Gasteiger partial charge in [0.2, 0.25) is 0 Å². The predicted molar refractivity (Wildman–Crippen MR) is 91.0 cm³/mol. The lowest BCUT2D eigenvalue weighted by Gasteiger charge is -2.10. The lowest BCUT2D eigenvalue weighted by Crippen LogP contribution is -2.12. The summed E-state index contributed by atoms with van der Waals surface area (Å²) >= 11 is 0. The van der Waals surface area contributed by atoms with Gasteiger partial charge in [0.1, 0.15) is 6.33 Å². The Morgan fingerprint density at radius 3 is 2.46 bits per heavy atom. The fourth-order valence-electron chi connectivity index (χ4n) is 3.17. The van der Waals surface area contributed by atoms with Crippen molar-refractivity contribution in [3.05, 3.63) is 95.6 Å². The summed E-state index contributed by atoms with van der Waals surface area (Å²) in [5.74, 6) is 0.0298. The first-order valence-electron chi connectivity index (χ1n) is 7.42. The topological polar surface area (TPSA) is 72.2 Å². The molecule has 1 unspecified atom stereocenters. The fourth-order valence-corrected chi connectivity index (χ4v) is 3.74. The molecule has 0 amide bonds. The first-order valence-corrected chi connectivity index (χ1v) is 8.82. The van der Waals surface area contributed by atoms with Gasteiger partial charge in [-0.15, -0.1) is 0 Å². The number of hydrogen-bond acceptors (Lipinski definition) is 3. The minimum absolute atomic E-state index is 0.0298. The van der Waals surface area contributed by atoms with Gasteiger partial charge in [-0.05, 0) is 16.7 Å². The molecule has 24 heavy (non-hydrogen) atoms. The zero-order valence-corrected chi connectivity index (χ0v) is 13.4. The molecule has 6 heteroatoms. The minimum Gasteiger partial charge on any atom is -0.269 e. The molecule has 0 aliphatic heterocycles. The molecule has 0 bridgehead atoms. The van der Waals surface area contributed by atoms with Crippen LogP contribution in [-0.4, -0.2) is 21.9 Å². The molecule has 1 aromatic heterocycles. The van der Waals surface area contributed by atoms with E-state index < -0.39 is 10.3 Å². The summed E-state index contributed by atoms with van der Waals surface area (Å²) < 4.78 is 33.4. The molecule has 2 aromatic carbocycles. The number of benzene rings is 2. The van der Waals surface area contributed by atoms with Gasteiger partial charge in [0.05, 0.1) is 11.9 Å². The second kappa shape index (κ2) is 5.43. The highest BCUT2D eigenvalue weighted by molar-refractivity contribution is 7.84. The summed E-state index contributed by atoms with van der Waals surface area (Å²) in [5, 5.41) is 0. The highest BCUT2D eigenvalue weighted by atomic mass is 32.2. The molecule has 1 N–H and O–H groups in total. The highest BCUT2D eigenvalue weighted by Gasteiger charge is 2.28. The van der Waals surface area contributed by atoms with Crippen molar-refractivity contribution in [2.75, 3.05) is 0 Å². The molecule has 5 nitrogen and oxygen atoms in total. The number of allylic oxidation sites excluding steroid dienone is 1. The van der Waals surface area contributed by atoms with Crippen molar-refractivity contribution in [2.45, 2.75) is 5.92 Å². The molecule has 1 atom stereocenters. The summed E-state index contributed by atoms with van der Waals surface area (Å²) in [4.78, 5) is 3.89. The molecule has 1 heterocycles. The van der Waals surface area contributed by atoms with Crippen LogP contribution in [0.25, 0.3) is 5.57 Å². The van der Waals surface area contributed by atoms with Gasteiger partial charge in [-0.1, -0.05) is 60.7 Å². The largest absolute Gasteiger partial charge is 0.365 e. The SMILES string of the molecule is O=S(=O)(O)n1cncc1C1=CC(c2ccccc2)c2ccccc21. The first-order chi connectivity index (χ1) is 11.6. The van der Waals surface area contributed by atoms with Crippen LogP contribution in [0.2, 0.25) is 0 Å². The average molecular weight is 338 g/mol. The Kier molecular flexibility index (Phi) is 3.37. The zero-order chi connectivity index (χ0) is 16.7. The van der Waals surface area contributed by atoms with E-state index >= 15 is 0 Å². The Hall–Kier alpha value is -2.70. The van der Waals surface area contributed by atoms with E-state index in [9.17, 15) is 13.0 Å². The molecule has 1 aliphatic rings. The monoisotopic (exact) mass is 338 g/mol. The van der Waals surface area contributed by atoms with Crippen molar-refractivity contribution >= 4 is 15.9 Å². The summed E-state index contributed by atoms with van der Waals surface area (Å²) in [6.07, 6.45) is 4.56. The lowest BCUT2D eigenvalue weighted by atomic mass is 9.93. The Morgan fingerprint density at radius 1 is 1.00 bits per heavy atom. The quantitative estimate of drug-likeness (QED) is 0.745. The van der Waals surface area contributed by atoms with E-state index in [0.717, 1.165) is 32.6 Å². The number of imidazole rings is 1. The van der Waals surface area contributed by atoms with Gasteiger partial charge in [-0.2, -0.15) is 8.42 Å². The maximum atomic E-state index is 11.6.